The molecule has 1 aromatic rings. The Morgan fingerprint density at radius 3 is 3.12 bits per heavy atom. The van der Waals surface area contributed by atoms with Crippen LogP contribution in [0.5, 0.6) is 0 Å². The standard InChI is InChI=1S/C11H14ClN3OS/c12-11-14-7-2-4-17-10(7)9(15-11)8-5-6(13)1-3-16-8/h6,8H,1-5,13H2. The van der Waals surface area contributed by atoms with E-state index in [0.717, 1.165) is 41.3 Å². The Balaban J connectivity index is 1.96. The Morgan fingerprint density at radius 1 is 1.41 bits per heavy atom. The fraction of sp³-hybridized carbons (Fsp3) is 0.636. The third-order valence-electron chi connectivity index (χ3n) is 3.15. The van der Waals surface area contributed by atoms with E-state index in [0.29, 0.717) is 11.9 Å². The first-order valence-electron chi connectivity index (χ1n) is 5.80. The molecule has 1 aromatic heterocycles. The smallest absolute Gasteiger partial charge is 0.222 e. The second kappa shape index (κ2) is 4.72. The Labute approximate surface area is 109 Å². The minimum Gasteiger partial charge on any atom is -0.372 e. The third-order valence-corrected chi connectivity index (χ3v) is 4.46. The van der Waals surface area contributed by atoms with Crippen LogP contribution in [0.1, 0.15) is 30.3 Å². The van der Waals surface area contributed by atoms with Gasteiger partial charge in [0.25, 0.3) is 0 Å². The minimum absolute atomic E-state index is 0.0152. The minimum atomic E-state index is -0.0152. The van der Waals surface area contributed by atoms with Crippen molar-refractivity contribution in [3.63, 3.8) is 0 Å². The quantitative estimate of drug-likeness (QED) is 0.791. The van der Waals surface area contributed by atoms with Crippen molar-refractivity contribution >= 4 is 23.4 Å². The summed E-state index contributed by atoms with van der Waals surface area (Å²) in [5, 5.41) is 0.323. The summed E-state index contributed by atoms with van der Waals surface area (Å²) in [6.45, 7) is 0.701. The summed E-state index contributed by atoms with van der Waals surface area (Å²) < 4.78 is 5.77. The molecule has 2 N–H and O–H groups in total. The molecule has 3 heterocycles. The normalized spacial score (nSPS) is 28.1. The average Bonchev–Trinajstić information content (AvgIpc) is 2.75. The number of rotatable bonds is 1. The summed E-state index contributed by atoms with van der Waals surface area (Å²) in [4.78, 5) is 9.79. The van der Waals surface area contributed by atoms with E-state index in [4.69, 9.17) is 22.1 Å². The lowest BCUT2D eigenvalue weighted by atomic mass is 10.0. The van der Waals surface area contributed by atoms with Crippen LogP contribution in [0, 0.1) is 0 Å². The van der Waals surface area contributed by atoms with Crippen molar-refractivity contribution in [2.45, 2.75) is 36.3 Å². The van der Waals surface area contributed by atoms with Gasteiger partial charge in [0, 0.05) is 24.8 Å². The number of halogens is 1. The molecule has 2 unspecified atom stereocenters. The predicted molar refractivity (Wildman–Crippen MR) is 67.4 cm³/mol. The average molecular weight is 272 g/mol. The molecule has 3 rings (SSSR count). The number of aryl methyl sites for hydroxylation is 1. The number of fused-ring (bicyclic) bond motifs is 1. The van der Waals surface area contributed by atoms with Crippen molar-refractivity contribution in [1.82, 2.24) is 9.97 Å². The van der Waals surface area contributed by atoms with Crippen molar-refractivity contribution in [3.05, 3.63) is 16.7 Å². The van der Waals surface area contributed by atoms with Gasteiger partial charge in [0.2, 0.25) is 5.28 Å². The number of thioether (sulfide) groups is 1. The molecule has 0 radical (unpaired) electrons. The second-order valence-corrected chi connectivity index (χ2v) is 5.84. The predicted octanol–water partition coefficient (Wildman–Crippen LogP) is 1.96. The van der Waals surface area contributed by atoms with Crippen LogP contribution in [0.15, 0.2) is 4.90 Å². The molecule has 0 spiro atoms. The van der Waals surface area contributed by atoms with Crippen LogP contribution >= 0.6 is 23.4 Å². The Morgan fingerprint density at radius 2 is 2.29 bits per heavy atom. The summed E-state index contributed by atoms with van der Waals surface area (Å²) in [5.74, 6) is 1.05. The van der Waals surface area contributed by atoms with E-state index in [1.165, 1.54) is 0 Å². The van der Waals surface area contributed by atoms with Crippen LogP contribution in [-0.2, 0) is 11.2 Å². The van der Waals surface area contributed by atoms with Crippen LogP contribution in [0.3, 0.4) is 0 Å². The zero-order valence-corrected chi connectivity index (χ0v) is 10.9. The molecule has 0 aromatic carbocycles. The van der Waals surface area contributed by atoms with E-state index in [1.807, 2.05) is 0 Å². The van der Waals surface area contributed by atoms with E-state index in [-0.39, 0.29) is 12.1 Å². The molecule has 0 saturated carbocycles. The van der Waals surface area contributed by atoms with Gasteiger partial charge in [-0.15, -0.1) is 11.8 Å². The molecule has 6 heteroatoms. The van der Waals surface area contributed by atoms with Gasteiger partial charge < -0.3 is 10.5 Å². The monoisotopic (exact) mass is 271 g/mol. The van der Waals surface area contributed by atoms with Gasteiger partial charge in [-0.05, 0) is 24.4 Å². The second-order valence-electron chi connectivity index (χ2n) is 4.40. The van der Waals surface area contributed by atoms with Crippen LogP contribution in [0.2, 0.25) is 5.28 Å². The van der Waals surface area contributed by atoms with Crippen LogP contribution in [-0.4, -0.2) is 28.4 Å². The number of nitrogens with zero attached hydrogens (tertiary/aromatic N) is 2. The van der Waals surface area contributed by atoms with Gasteiger partial charge in [-0.1, -0.05) is 0 Å². The molecule has 2 aliphatic heterocycles. The first-order valence-corrected chi connectivity index (χ1v) is 7.16. The van der Waals surface area contributed by atoms with E-state index in [9.17, 15) is 0 Å². The summed E-state index contributed by atoms with van der Waals surface area (Å²) >= 11 is 7.76. The summed E-state index contributed by atoms with van der Waals surface area (Å²) in [5.41, 5.74) is 7.99. The molecule has 92 valence electrons. The molecular formula is C11H14ClN3OS. The molecule has 17 heavy (non-hydrogen) atoms. The third kappa shape index (κ3) is 2.29. The van der Waals surface area contributed by atoms with Gasteiger partial charge in [-0.2, -0.15) is 0 Å². The highest BCUT2D eigenvalue weighted by Crippen LogP contribution is 2.39. The first kappa shape index (κ1) is 11.7. The summed E-state index contributed by atoms with van der Waals surface area (Å²) in [6.07, 6.45) is 2.69. The molecule has 2 aliphatic rings. The molecule has 4 nitrogen and oxygen atoms in total. The van der Waals surface area contributed by atoms with Crippen LogP contribution in [0.25, 0.3) is 0 Å². The maximum absolute atomic E-state index is 5.98. The van der Waals surface area contributed by atoms with E-state index in [2.05, 4.69) is 9.97 Å². The van der Waals surface area contributed by atoms with Crippen molar-refractivity contribution < 1.29 is 4.74 Å². The lowest BCUT2D eigenvalue weighted by Gasteiger charge is -2.27. The van der Waals surface area contributed by atoms with Crippen LogP contribution < -0.4 is 5.73 Å². The van der Waals surface area contributed by atoms with Gasteiger partial charge in [-0.25, -0.2) is 9.97 Å². The van der Waals surface area contributed by atoms with Gasteiger partial charge in [0.15, 0.2) is 0 Å². The molecule has 0 amide bonds. The highest BCUT2D eigenvalue weighted by molar-refractivity contribution is 7.99. The Hall–Kier alpha value is -0.360. The zero-order chi connectivity index (χ0) is 11.8. The number of hydrogen-bond acceptors (Lipinski definition) is 5. The molecule has 2 atom stereocenters. The van der Waals surface area contributed by atoms with E-state index >= 15 is 0 Å². The highest BCUT2D eigenvalue weighted by Gasteiger charge is 2.29. The highest BCUT2D eigenvalue weighted by atomic mass is 35.5. The van der Waals surface area contributed by atoms with Gasteiger partial charge in [0.1, 0.15) is 6.10 Å². The Bertz CT molecular complexity index is 443. The number of aromatic nitrogens is 2. The molecule has 0 bridgehead atoms. The largest absolute Gasteiger partial charge is 0.372 e. The number of nitrogens with two attached hydrogens (primary N) is 1. The fourth-order valence-corrected chi connectivity index (χ4v) is 3.62. The van der Waals surface area contributed by atoms with Crippen molar-refractivity contribution in [2.75, 3.05) is 12.4 Å². The Kier molecular flexibility index (Phi) is 3.25. The van der Waals surface area contributed by atoms with Crippen LogP contribution in [0.4, 0.5) is 0 Å². The van der Waals surface area contributed by atoms with Crippen molar-refractivity contribution in [2.24, 2.45) is 5.73 Å². The van der Waals surface area contributed by atoms with Crippen molar-refractivity contribution in [1.29, 1.82) is 0 Å². The SMILES string of the molecule is NC1CCOC(c2nc(Cl)nc3c2SCC3)C1. The first-order chi connectivity index (χ1) is 8.24. The van der Waals surface area contributed by atoms with Gasteiger partial charge in [0.05, 0.1) is 16.3 Å². The number of ether oxygens (including phenoxy) is 1. The molecule has 1 fully saturated rings. The molecule has 0 aliphatic carbocycles. The fourth-order valence-electron chi connectivity index (χ4n) is 2.29. The maximum Gasteiger partial charge on any atom is 0.222 e. The van der Waals surface area contributed by atoms with Crippen molar-refractivity contribution in [3.8, 4) is 0 Å². The van der Waals surface area contributed by atoms with E-state index < -0.39 is 0 Å². The summed E-state index contributed by atoms with van der Waals surface area (Å²) in [7, 11) is 0. The molecular weight excluding hydrogens is 258 g/mol. The number of hydrogen-bond donors (Lipinski definition) is 1. The van der Waals surface area contributed by atoms with Gasteiger partial charge in [-0.3, -0.25) is 0 Å². The zero-order valence-electron chi connectivity index (χ0n) is 9.36. The maximum atomic E-state index is 5.98. The lowest BCUT2D eigenvalue weighted by Crippen LogP contribution is -2.31. The van der Waals surface area contributed by atoms with E-state index in [1.54, 1.807) is 11.8 Å². The summed E-state index contributed by atoms with van der Waals surface area (Å²) in [6, 6.07) is 0.199. The van der Waals surface area contributed by atoms with Gasteiger partial charge >= 0.3 is 0 Å². The lowest BCUT2D eigenvalue weighted by molar-refractivity contribution is 0.00231. The molecule has 1 saturated heterocycles. The topological polar surface area (TPSA) is 61.0 Å².